The van der Waals surface area contributed by atoms with E-state index >= 15 is 0 Å². The summed E-state index contributed by atoms with van der Waals surface area (Å²) in [5.41, 5.74) is 2.35. The molecule has 0 spiro atoms. The number of halogens is 1. The van der Waals surface area contributed by atoms with Crippen molar-refractivity contribution in [1.82, 2.24) is 0 Å². The minimum atomic E-state index is -0.461. The average molecular weight is 435 g/mol. The largest absolute Gasteiger partial charge is 0.452 e. The average Bonchev–Trinajstić information content (AvgIpc) is 3.03. The number of rotatable bonds is 3. The van der Waals surface area contributed by atoms with Crippen LogP contribution in [0, 0.1) is 6.92 Å². The van der Waals surface area contributed by atoms with Gasteiger partial charge in [-0.05, 0) is 48.9 Å². The predicted molar refractivity (Wildman–Crippen MR) is 110 cm³/mol. The highest BCUT2D eigenvalue weighted by molar-refractivity contribution is 9.10. The number of ether oxygens (including phenoxy) is 2. The van der Waals surface area contributed by atoms with Crippen LogP contribution in [0.1, 0.15) is 31.8 Å². The van der Waals surface area contributed by atoms with Crippen molar-refractivity contribution in [1.29, 1.82) is 0 Å². The Balaban J connectivity index is 1.64. The second kappa shape index (κ2) is 7.44. The van der Waals surface area contributed by atoms with Gasteiger partial charge in [-0.2, -0.15) is 0 Å². The maximum atomic E-state index is 12.7. The number of fused-ring (bicyclic) bond motifs is 1. The Hall–Kier alpha value is -3.18. The topological polar surface area (TPSA) is 52.6 Å². The predicted octanol–water partition coefficient (Wildman–Crippen LogP) is 5.59. The van der Waals surface area contributed by atoms with Gasteiger partial charge in [-0.15, -0.1) is 0 Å². The van der Waals surface area contributed by atoms with Gasteiger partial charge in [0.1, 0.15) is 11.5 Å². The highest BCUT2D eigenvalue weighted by Gasteiger charge is 2.30. The molecule has 1 aliphatic rings. The third kappa shape index (κ3) is 3.37. The molecule has 0 saturated carbocycles. The minimum Gasteiger partial charge on any atom is -0.452 e. The smallest absolute Gasteiger partial charge is 0.343 e. The van der Waals surface area contributed by atoms with Gasteiger partial charge in [0.05, 0.1) is 11.1 Å². The second-order valence-corrected chi connectivity index (χ2v) is 7.14. The van der Waals surface area contributed by atoms with E-state index in [0.717, 1.165) is 10.0 Å². The summed E-state index contributed by atoms with van der Waals surface area (Å²) in [6.07, 6.45) is 1.70. The summed E-state index contributed by atoms with van der Waals surface area (Å²) in [5, 5.41) is 0. The van der Waals surface area contributed by atoms with Crippen molar-refractivity contribution in [2.24, 2.45) is 0 Å². The van der Waals surface area contributed by atoms with Crippen molar-refractivity contribution in [3.63, 3.8) is 0 Å². The maximum Gasteiger partial charge on any atom is 0.343 e. The molecule has 0 fully saturated rings. The molecular weight excluding hydrogens is 420 g/mol. The lowest BCUT2D eigenvalue weighted by atomic mass is 10.1. The van der Waals surface area contributed by atoms with E-state index in [9.17, 15) is 9.59 Å². The molecule has 1 aliphatic heterocycles. The third-order valence-corrected chi connectivity index (χ3v) is 5.16. The first-order valence-electron chi connectivity index (χ1n) is 8.64. The lowest BCUT2D eigenvalue weighted by Crippen LogP contribution is -2.09. The lowest BCUT2D eigenvalue weighted by Gasteiger charge is -2.10. The number of hydrogen-bond donors (Lipinski definition) is 0. The zero-order valence-electron chi connectivity index (χ0n) is 14.9. The number of esters is 1. The Morgan fingerprint density at radius 1 is 1.00 bits per heavy atom. The van der Waals surface area contributed by atoms with E-state index in [2.05, 4.69) is 15.9 Å². The number of Topliss-reactive ketones (excluding diaryl/α,β-unsaturated/α-hetero) is 1. The SMILES string of the molecule is Cc1c(OC(=O)c2ccccc2)ccc2c1O/C(=C\c1ccccc1Br)C2=O. The van der Waals surface area contributed by atoms with E-state index in [-0.39, 0.29) is 11.5 Å². The number of carbonyl (C=O) groups excluding carboxylic acids is 2. The van der Waals surface area contributed by atoms with Crippen LogP contribution < -0.4 is 9.47 Å². The first kappa shape index (κ1) is 18.2. The van der Waals surface area contributed by atoms with Crippen LogP contribution in [0.25, 0.3) is 6.08 Å². The van der Waals surface area contributed by atoms with Crippen LogP contribution in [0.4, 0.5) is 0 Å². The van der Waals surface area contributed by atoms with E-state index in [4.69, 9.17) is 9.47 Å². The monoisotopic (exact) mass is 434 g/mol. The van der Waals surface area contributed by atoms with Crippen molar-refractivity contribution in [2.45, 2.75) is 6.92 Å². The molecule has 0 unspecified atom stereocenters. The first-order chi connectivity index (χ1) is 13.5. The third-order valence-electron chi connectivity index (χ3n) is 4.44. The fourth-order valence-corrected chi connectivity index (χ4v) is 3.34. The molecule has 0 aromatic heterocycles. The van der Waals surface area contributed by atoms with E-state index in [1.54, 1.807) is 49.4 Å². The number of allylic oxidation sites excluding steroid dienone is 1. The molecule has 28 heavy (non-hydrogen) atoms. The Labute approximate surface area is 170 Å². The van der Waals surface area contributed by atoms with Gasteiger partial charge >= 0.3 is 5.97 Å². The molecule has 138 valence electrons. The van der Waals surface area contributed by atoms with Crippen molar-refractivity contribution < 1.29 is 19.1 Å². The molecule has 0 bridgehead atoms. The Kier molecular flexibility index (Phi) is 4.84. The fraction of sp³-hybridized carbons (Fsp3) is 0.0435. The zero-order valence-corrected chi connectivity index (χ0v) is 16.5. The molecule has 0 aliphatic carbocycles. The molecule has 3 aromatic rings. The quantitative estimate of drug-likeness (QED) is 0.306. The highest BCUT2D eigenvalue weighted by Crippen LogP contribution is 2.39. The van der Waals surface area contributed by atoms with Gasteiger partial charge < -0.3 is 9.47 Å². The minimum absolute atomic E-state index is 0.199. The number of ketones is 1. The van der Waals surface area contributed by atoms with Gasteiger partial charge in [0.15, 0.2) is 5.76 Å². The standard InChI is InChI=1S/C23H15BrO4/c1-14-19(28-23(26)15-7-3-2-4-8-15)12-11-17-21(25)20(27-22(14)17)13-16-9-5-6-10-18(16)24/h2-13H,1H3/b20-13-. The van der Waals surface area contributed by atoms with Crippen LogP contribution >= 0.6 is 15.9 Å². The van der Waals surface area contributed by atoms with Crippen LogP contribution in [0.3, 0.4) is 0 Å². The Morgan fingerprint density at radius 3 is 2.46 bits per heavy atom. The van der Waals surface area contributed by atoms with Crippen molar-refractivity contribution >= 4 is 33.8 Å². The molecule has 1 heterocycles. The molecule has 0 atom stereocenters. The van der Waals surface area contributed by atoms with Crippen LogP contribution in [0.15, 0.2) is 77.0 Å². The molecule has 5 heteroatoms. The summed E-state index contributed by atoms with van der Waals surface area (Å²) < 4.78 is 12.2. The molecule has 4 rings (SSSR count). The summed E-state index contributed by atoms with van der Waals surface area (Å²) in [6.45, 7) is 1.76. The summed E-state index contributed by atoms with van der Waals surface area (Å²) >= 11 is 3.47. The van der Waals surface area contributed by atoms with Gasteiger partial charge in [-0.1, -0.05) is 52.3 Å². The molecule has 0 amide bonds. The highest BCUT2D eigenvalue weighted by atomic mass is 79.9. The molecule has 0 radical (unpaired) electrons. The Bertz CT molecular complexity index is 1120. The lowest BCUT2D eigenvalue weighted by molar-refractivity contribution is 0.0733. The van der Waals surface area contributed by atoms with Gasteiger partial charge in [0.2, 0.25) is 5.78 Å². The van der Waals surface area contributed by atoms with E-state index in [1.807, 2.05) is 30.3 Å². The zero-order chi connectivity index (χ0) is 19.7. The molecule has 3 aromatic carbocycles. The summed E-state index contributed by atoms with van der Waals surface area (Å²) in [5.74, 6) is 0.354. The number of carbonyl (C=O) groups is 2. The van der Waals surface area contributed by atoms with Crippen LogP contribution in [-0.2, 0) is 0 Å². The van der Waals surface area contributed by atoms with Crippen molar-refractivity contribution in [3.05, 3.63) is 99.2 Å². The van der Waals surface area contributed by atoms with E-state index in [0.29, 0.717) is 28.2 Å². The molecule has 4 nitrogen and oxygen atoms in total. The van der Waals surface area contributed by atoms with Gasteiger partial charge in [0.25, 0.3) is 0 Å². The summed E-state index contributed by atoms with van der Waals surface area (Å²) in [7, 11) is 0. The van der Waals surface area contributed by atoms with Crippen LogP contribution in [0.2, 0.25) is 0 Å². The van der Waals surface area contributed by atoms with Crippen molar-refractivity contribution in [2.75, 3.05) is 0 Å². The van der Waals surface area contributed by atoms with Gasteiger partial charge in [0, 0.05) is 10.0 Å². The summed E-state index contributed by atoms with van der Waals surface area (Å²) in [4.78, 5) is 25.0. The maximum absolute atomic E-state index is 12.7. The van der Waals surface area contributed by atoms with Crippen LogP contribution in [-0.4, -0.2) is 11.8 Å². The number of benzene rings is 3. The van der Waals surface area contributed by atoms with E-state index in [1.165, 1.54) is 0 Å². The van der Waals surface area contributed by atoms with Crippen molar-refractivity contribution in [3.8, 4) is 11.5 Å². The van der Waals surface area contributed by atoms with Gasteiger partial charge in [-0.25, -0.2) is 4.79 Å². The van der Waals surface area contributed by atoms with Gasteiger partial charge in [-0.3, -0.25) is 4.79 Å². The first-order valence-corrected chi connectivity index (χ1v) is 9.43. The molecular formula is C23H15BrO4. The molecule has 0 saturated heterocycles. The fourth-order valence-electron chi connectivity index (χ4n) is 2.94. The summed E-state index contributed by atoms with van der Waals surface area (Å²) in [6, 6.07) is 19.5. The van der Waals surface area contributed by atoms with Crippen LogP contribution in [0.5, 0.6) is 11.5 Å². The Morgan fingerprint density at radius 2 is 1.71 bits per heavy atom. The number of hydrogen-bond acceptors (Lipinski definition) is 4. The normalized spacial score (nSPS) is 13.9. The second-order valence-electron chi connectivity index (χ2n) is 6.28. The molecule has 0 N–H and O–H groups in total. The van der Waals surface area contributed by atoms with E-state index < -0.39 is 5.97 Å².